The molecule has 1 amide bonds. The fourth-order valence-corrected chi connectivity index (χ4v) is 5.53. The molecule has 0 spiro atoms. The molecule has 5 rings (SSSR count). The molecule has 0 saturated heterocycles. The molecular weight excluding hydrogens is 583 g/mol. The van der Waals surface area contributed by atoms with Crippen LogP contribution in [-0.4, -0.2) is 61.8 Å². The van der Waals surface area contributed by atoms with Gasteiger partial charge >= 0.3 is 6.18 Å². The molecule has 0 radical (unpaired) electrons. The van der Waals surface area contributed by atoms with Gasteiger partial charge in [-0.05, 0) is 60.5 Å². The number of sulfonamides is 1. The van der Waals surface area contributed by atoms with Gasteiger partial charge in [-0.2, -0.15) is 18.3 Å². The number of fused-ring (bicyclic) bond motifs is 1. The van der Waals surface area contributed by atoms with Gasteiger partial charge in [0.25, 0.3) is 15.9 Å². The molecule has 3 aromatic carbocycles. The van der Waals surface area contributed by atoms with Gasteiger partial charge in [-0.1, -0.05) is 30.3 Å². The van der Waals surface area contributed by atoms with E-state index in [1.165, 1.54) is 24.1 Å². The lowest BCUT2D eigenvalue weighted by molar-refractivity contribution is -0.141. The van der Waals surface area contributed by atoms with Gasteiger partial charge in [0, 0.05) is 37.0 Å². The number of amidine groups is 1. The molecule has 1 aliphatic heterocycles. The first-order valence-electron chi connectivity index (χ1n) is 13.2. The summed E-state index contributed by atoms with van der Waals surface area (Å²) in [6.07, 6.45) is -3.80. The molecule has 224 valence electrons. The molecule has 4 aromatic rings. The molecule has 2 heterocycles. The van der Waals surface area contributed by atoms with E-state index in [4.69, 9.17) is 4.74 Å². The summed E-state index contributed by atoms with van der Waals surface area (Å²) in [6.45, 7) is 0.391. The van der Waals surface area contributed by atoms with Crippen LogP contribution in [0.4, 0.5) is 18.9 Å². The van der Waals surface area contributed by atoms with E-state index < -0.39 is 27.8 Å². The zero-order valence-corrected chi connectivity index (χ0v) is 24.4. The second kappa shape index (κ2) is 11.6. The minimum atomic E-state index is -4.74. The van der Waals surface area contributed by atoms with Crippen LogP contribution in [0, 0.1) is 0 Å². The molecule has 0 saturated carbocycles. The maximum Gasteiger partial charge on any atom is 0.435 e. The van der Waals surface area contributed by atoms with Crippen LogP contribution >= 0.6 is 0 Å². The Morgan fingerprint density at radius 3 is 2.21 bits per heavy atom. The Kier molecular flexibility index (Phi) is 8.02. The molecule has 13 heteroatoms. The number of rotatable bonds is 7. The summed E-state index contributed by atoms with van der Waals surface area (Å²) in [5.74, 6) is 0.0682. The number of nitrogens with zero attached hydrogens (tertiary/aromatic N) is 5. The summed E-state index contributed by atoms with van der Waals surface area (Å²) in [5.41, 5.74) is 0.719. The van der Waals surface area contributed by atoms with E-state index in [-0.39, 0.29) is 35.7 Å². The van der Waals surface area contributed by atoms with Gasteiger partial charge in [0.1, 0.15) is 17.3 Å². The smallest absolute Gasteiger partial charge is 0.435 e. The van der Waals surface area contributed by atoms with Gasteiger partial charge in [0.05, 0.1) is 19.1 Å². The lowest BCUT2D eigenvalue weighted by Crippen LogP contribution is -2.39. The summed E-state index contributed by atoms with van der Waals surface area (Å²) in [7, 11) is -0.565. The van der Waals surface area contributed by atoms with Crippen molar-refractivity contribution in [3.63, 3.8) is 0 Å². The van der Waals surface area contributed by atoms with E-state index in [2.05, 4.69) is 9.50 Å². The second-order valence-electron chi connectivity index (χ2n) is 10.0. The van der Waals surface area contributed by atoms with Crippen molar-refractivity contribution in [2.24, 2.45) is 4.40 Å². The first-order valence-corrected chi connectivity index (χ1v) is 15.0. The minimum Gasteiger partial charge on any atom is -0.497 e. The van der Waals surface area contributed by atoms with Gasteiger partial charge in [-0.25, -0.2) is 13.1 Å². The highest BCUT2D eigenvalue weighted by Gasteiger charge is 2.43. The maximum atomic E-state index is 13.9. The Balaban J connectivity index is 1.49. The Labute approximate surface area is 246 Å². The largest absolute Gasteiger partial charge is 0.497 e. The SMILES string of the molecule is COc1ccc(-n2nc(C(F)(F)F)c3c2C(=O)N(c2ccc(/C(=N\S(C)(=O)=O)N(C)Cc4ccccc4)cc2)CC3)cc1. The van der Waals surface area contributed by atoms with Crippen molar-refractivity contribution in [2.75, 3.05) is 31.9 Å². The number of hydrogen-bond donors (Lipinski definition) is 0. The summed E-state index contributed by atoms with van der Waals surface area (Å²) in [5, 5.41) is 3.82. The fraction of sp³-hybridized carbons (Fsp3) is 0.233. The highest BCUT2D eigenvalue weighted by atomic mass is 32.2. The molecule has 1 aliphatic rings. The predicted octanol–water partition coefficient (Wildman–Crippen LogP) is 4.94. The van der Waals surface area contributed by atoms with E-state index in [9.17, 15) is 26.4 Å². The normalized spacial score (nSPS) is 14.0. The van der Waals surface area contributed by atoms with Crippen LogP contribution < -0.4 is 9.64 Å². The van der Waals surface area contributed by atoms with Crippen molar-refractivity contribution in [3.05, 3.63) is 107 Å². The van der Waals surface area contributed by atoms with Crippen LogP contribution in [0.3, 0.4) is 0 Å². The molecule has 0 bridgehead atoms. The molecule has 0 unspecified atom stereocenters. The topological polar surface area (TPSA) is 97.1 Å². The van der Waals surface area contributed by atoms with Crippen LogP contribution in [0.25, 0.3) is 5.69 Å². The number of carbonyl (C=O) groups is 1. The number of methoxy groups -OCH3 is 1. The number of aromatic nitrogens is 2. The van der Waals surface area contributed by atoms with Gasteiger partial charge in [-0.15, -0.1) is 4.40 Å². The third-order valence-corrected chi connectivity index (χ3v) is 7.42. The van der Waals surface area contributed by atoms with Gasteiger partial charge in [0.2, 0.25) is 0 Å². The van der Waals surface area contributed by atoms with Crippen molar-refractivity contribution in [1.82, 2.24) is 14.7 Å². The maximum absolute atomic E-state index is 13.9. The lowest BCUT2D eigenvalue weighted by Gasteiger charge is -2.28. The third-order valence-electron chi connectivity index (χ3n) is 6.92. The first kappa shape index (κ1) is 29.8. The van der Waals surface area contributed by atoms with E-state index in [1.807, 2.05) is 30.3 Å². The number of ether oxygens (including phenoxy) is 1. The van der Waals surface area contributed by atoms with Crippen molar-refractivity contribution in [1.29, 1.82) is 0 Å². The van der Waals surface area contributed by atoms with E-state index in [1.54, 1.807) is 48.3 Å². The molecule has 9 nitrogen and oxygen atoms in total. The van der Waals surface area contributed by atoms with Gasteiger partial charge in [0.15, 0.2) is 5.69 Å². The summed E-state index contributed by atoms with van der Waals surface area (Å²) in [6, 6.07) is 22.2. The fourth-order valence-electron chi connectivity index (χ4n) is 4.97. The Hall–Kier alpha value is -4.65. The van der Waals surface area contributed by atoms with Crippen LogP contribution in [0.1, 0.15) is 32.9 Å². The molecular formula is C30H28F3N5O4S. The zero-order valence-electron chi connectivity index (χ0n) is 23.5. The lowest BCUT2D eigenvalue weighted by atomic mass is 10.0. The van der Waals surface area contributed by atoms with Gasteiger partial charge in [-0.3, -0.25) is 4.79 Å². The number of amides is 1. The van der Waals surface area contributed by atoms with Gasteiger partial charge < -0.3 is 14.5 Å². The van der Waals surface area contributed by atoms with Crippen molar-refractivity contribution in [2.45, 2.75) is 19.1 Å². The summed E-state index contributed by atoms with van der Waals surface area (Å²) < 4.78 is 76.2. The average Bonchev–Trinajstić information content (AvgIpc) is 3.38. The van der Waals surface area contributed by atoms with Crippen LogP contribution in [0.15, 0.2) is 83.3 Å². The first-order chi connectivity index (χ1) is 20.4. The highest BCUT2D eigenvalue weighted by Crippen LogP contribution is 2.37. The third kappa shape index (κ3) is 6.41. The van der Waals surface area contributed by atoms with Crippen molar-refractivity contribution < 1.29 is 31.1 Å². The van der Waals surface area contributed by atoms with Crippen molar-refractivity contribution in [3.8, 4) is 11.4 Å². The number of benzene rings is 3. The second-order valence-corrected chi connectivity index (χ2v) is 11.7. The number of hydrogen-bond acceptors (Lipinski definition) is 5. The number of anilines is 1. The van der Waals surface area contributed by atoms with E-state index >= 15 is 0 Å². The molecule has 0 fully saturated rings. The molecule has 43 heavy (non-hydrogen) atoms. The Morgan fingerprint density at radius 2 is 1.63 bits per heavy atom. The number of halogens is 3. The summed E-state index contributed by atoms with van der Waals surface area (Å²) in [4.78, 5) is 16.8. The molecule has 0 N–H and O–H groups in total. The molecule has 0 atom stereocenters. The van der Waals surface area contributed by atoms with Crippen LogP contribution in [-0.2, 0) is 29.2 Å². The summed E-state index contributed by atoms with van der Waals surface area (Å²) >= 11 is 0. The molecule has 1 aromatic heterocycles. The Bertz CT molecular complexity index is 1770. The zero-order chi connectivity index (χ0) is 30.9. The highest BCUT2D eigenvalue weighted by molar-refractivity contribution is 7.89. The quantitative estimate of drug-likeness (QED) is 0.217. The van der Waals surface area contributed by atoms with E-state index in [0.717, 1.165) is 16.5 Å². The standard InChI is InChI=1S/C30H28F3N5O4S/c1-36(19-20-7-5-4-6-8-20)28(35-43(3,40)41)21-9-11-22(12-10-21)37-18-17-25-26(29(37)39)38(34-27(25)30(31,32)33)23-13-15-24(42-2)16-14-23/h4-16H,17-19H2,1-3H3/b35-28+. The van der Waals surface area contributed by atoms with Crippen LogP contribution in [0.5, 0.6) is 5.75 Å². The predicted molar refractivity (Wildman–Crippen MR) is 156 cm³/mol. The monoisotopic (exact) mass is 611 g/mol. The Morgan fingerprint density at radius 1 is 1.00 bits per heavy atom. The van der Waals surface area contributed by atoms with E-state index in [0.29, 0.717) is 23.5 Å². The van der Waals surface area contributed by atoms with Crippen molar-refractivity contribution >= 4 is 27.5 Å². The average molecular weight is 612 g/mol. The number of alkyl halides is 3. The number of carbonyl (C=O) groups excluding carboxylic acids is 1. The minimum absolute atomic E-state index is 0.000755. The van der Waals surface area contributed by atoms with Crippen LogP contribution in [0.2, 0.25) is 0 Å². The molecule has 0 aliphatic carbocycles.